The molecule has 2 saturated heterocycles. The summed E-state index contributed by atoms with van der Waals surface area (Å²) < 4.78 is 0. The Labute approximate surface area is 153 Å². The Morgan fingerprint density at radius 3 is 2.60 bits per heavy atom. The predicted molar refractivity (Wildman–Crippen MR) is 96.1 cm³/mol. The van der Waals surface area contributed by atoms with Crippen molar-refractivity contribution in [1.82, 2.24) is 9.80 Å². The van der Waals surface area contributed by atoms with E-state index < -0.39 is 6.10 Å². The fourth-order valence-electron chi connectivity index (χ4n) is 4.00. The number of piperidine rings is 2. The van der Waals surface area contributed by atoms with Gasteiger partial charge in [0.2, 0.25) is 5.91 Å². The molecule has 0 aromatic heterocycles. The van der Waals surface area contributed by atoms with Gasteiger partial charge >= 0.3 is 0 Å². The van der Waals surface area contributed by atoms with Gasteiger partial charge in [-0.15, -0.1) is 0 Å². The molecule has 25 heavy (non-hydrogen) atoms. The first-order chi connectivity index (χ1) is 12.0. The molecule has 1 unspecified atom stereocenters. The van der Waals surface area contributed by atoms with E-state index in [1.165, 1.54) is 0 Å². The van der Waals surface area contributed by atoms with Gasteiger partial charge in [0.15, 0.2) is 6.10 Å². The zero-order chi connectivity index (χ0) is 18.0. The molecule has 2 fully saturated rings. The van der Waals surface area contributed by atoms with Crippen LogP contribution in [0.1, 0.15) is 44.3 Å². The molecule has 1 N–H and O–H groups in total. The lowest BCUT2D eigenvalue weighted by Crippen LogP contribution is -2.52. The summed E-state index contributed by atoms with van der Waals surface area (Å²) in [5.74, 6) is -0.0528. The van der Waals surface area contributed by atoms with Crippen LogP contribution in [0.4, 0.5) is 0 Å². The summed E-state index contributed by atoms with van der Waals surface area (Å²) in [6.07, 6.45) is 2.03. The van der Waals surface area contributed by atoms with Crippen LogP contribution in [0.5, 0.6) is 0 Å². The summed E-state index contributed by atoms with van der Waals surface area (Å²) in [5.41, 5.74) is 0.575. The molecule has 2 amide bonds. The third-order valence-electron chi connectivity index (χ3n) is 5.70. The highest BCUT2D eigenvalue weighted by Crippen LogP contribution is 2.40. The number of nitrogens with zero attached hydrogens (tertiary/aromatic N) is 2. The number of carbonyl (C=O) groups is 2. The molecule has 3 rings (SSSR count). The Morgan fingerprint density at radius 1 is 1.28 bits per heavy atom. The zero-order valence-corrected chi connectivity index (χ0v) is 15.3. The normalized spacial score (nSPS) is 21.5. The van der Waals surface area contributed by atoms with Crippen molar-refractivity contribution in [2.75, 3.05) is 26.2 Å². The summed E-state index contributed by atoms with van der Waals surface area (Å²) in [6.45, 7) is 4.78. The van der Waals surface area contributed by atoms with Crippen LogP contribution in [0.25, 0.3) is 0 Å². The zero-order valence-electron chi connectivity index (χ0n) is 14.6. The number of amides is 2. The van der Waals surface area contributed by atoms with E-state index in [4.69, 9.17) is 11.6 Å². The monoisotopic (exact) mass is 364 g/mol. The summed E-state index contributed by atoms with van der Waals surface area (Å²) in [6, 6.07) is 6.90. The SMILES string of the molecule is CCN1CC2(CCC1=O)CCN(C(=O)C(O)c1ccccc1Cl)CC2. The first kappa shape index (κ1) is 18.2. The summed E-state index contributed by atoms with van der Waals surface area (Å²) in [5, 5.41) is 10.8. The van der Waals surface area contributed by atoms with Crippen LogP contribution >= 0.6 is 11.6 Å². The van der Waals surface area contributed by atoms with Crippen LogP contribution < -0.4 is 0 Å². The maximum absolute atomic E-state index is 12.6. The van der Waals surface area contributed by atoms with E-state index >= 15 is 0 Å². The second-order valence-electron chi connectivity index (χ2n) is 7.16. The lowest BCUT2D eigenvalue weighted by Gasteiger charge is -2.47. The minimum atomic E-state index is -1.22. The van der Waals surface area contributed by atoms with E-state index in [2.05, 4.69) is 0 Å². The Balaban J connectivity index is 1.63. The Hall–Kier alpha value is -1.59. The van der Waals surface area contributed by atoms with Gasteiger partial charge in [-0.1, -0.05) is 29.8 Å². The largest absolute Gasteiger partial charge is 0.378 e. The third kappa shape index (κ3) is 3.67. The van der Waals surface area contributed by atoms with Gasteiger partial charge in [0.25, 0.3) is 5.91 Å². The highest BCUT2D eigenvalue weighted by atomic mass is 35.5. The lowest BCUT2D eigenvalue weighted by molar-refractivity contribution is -0.147. The van der Waals surface area contributed by atoms with Crippen molar-refractivity contribution in [2.24, 2.45) is 5.41 Å². The minimum absolute atomic E-state index is 0.121. The van der Waals surface area contributed by atoms with E-state index in [-0.39, 0.29) is 17.2 Å². The number of carbonyl (C=O) groups excluding carboxylic acids is 2. The molecule has 0 bridgehead atoms. The van der Waals surface area contributed by atoms with Gasteiger partial charge in [-0.05, 0) is 37.7 Å². The average molecular weight is 365 g/mol. The first-order valence-electron chi connectivity index (χ1n) is 8.95. The second-order valence-corrected chi connectivity index (χ2v) is 7.56. The molecule has 2 aliphatic rings. The number of hydrogen-bond acceptors (Lipinski definition) is 3. The fraction of sp³-hybridized carbons (Fsp3) is 0.579. The van der Waals surface area contributed by atoms with E-state index in [1.807, 2.05) is 11.8 Å². The van der Waals surface area contributed by atoms with Crippen LogP contribution in [0.15, 0.2) is 24.3 Å². The molecular weight excluding hydrogens is 340 g/mol. The van der Waals surface area contributed by atoms with Gasteiger partial charge in [-0.25, -0.2) is 0 Å². The van der Waals surface area contributed by atoms with Crippen LogP contribution in [-0.4, -0.2) is 52.9 Å². The minimum Gasteiger partial charge on any atom is -0.378 e. The standard InChI is InChI=1S/C19H25ClN2O3/c1-2-21-13-19(8-7-16(21)23)9-11-22(12-10-19)18(25)17(24)14-5-3-4-6-15(14)20/h3-6,17,24H,2,7-13H2,1H3. The topological polar surface area (TPSA) is 60.9 Å². The Bertz CT molecular complexity index is 656. The molecule has 2 heterocycles. The first-order valence-corrected chi connectivity index (χ1v) is 9.33. The van der Waals surface area contributed by atoms with Gasteiger partial charge in [0, 0.05) is 43.2 Å². The van der Waals surface area contributed by atoms with Gasteiger partial charge in [0.05, 0.1) is 0 Å². The number of rotatable bonds is 3. The van der Waals surface area contributed by atoms with Crippen molar-refractivity contribution in [3.63, 3.8) is 0 Å². The van der Waals surface area contributed by atoms with Gasteiger partial charge in [-0.3, -0.25) is 9.59 Å². The van der Waals surface area contributed by atoms with Crippen molar-refractivity contribution in [1.29, 1.82) is 0 Å². The highest BCUT2D eigenvalue weighted by molar-refractivity contribution is 6.31. The van der Waals surface area contributed by atoms with E-state index in [0.29, 0.717) is 30.1 Å². The molecule has 6 heteroatoms. The van der Waals surface area contributed by atoms with Crippen LogP contribution in [0.3, 0.4) is 0 Å². The smallest absolute Gasteiger partial charge is 0.256 e. The maximum atomic E-state index is 12.6. The molecule has 1 spiro atoms. The molecule has 0 radical (unpaired) electrons. The van der Waals surface area contributed by atoms with Crippen molar-refractivity contribution >= 4 is 23.4 Å². The quantitative estimate of drug-likeness (QED) is 0.896. The highest BCUT2D eigenvalue weighted by Gasteiger charge is 2.42. The number of aliphatic hydroxyl groups is 1. The molecule has 136 valence electrons. The Morgan fingerprint density at radius 2 is 1.96 bits per heavy atom. The second kappa shape index (κ2) is 7.34. The predicted octanol–water partition coefficient (Wildman–Crippen LogP) is 2.62. The maximum Gasteiger partial charge on any atom is 0.256 e. The van der Waals surface area contributed by atoms with Crippen molar-refractivity contribution in [3.05, 3.63) is 34.9 Å². The van der Waals surface area contributed by atoms with Crippen LogP contribution in [0.2, 0.25) is 5.02 Å². The molecule has 1 aromatic carbocycles. The summed E-state index contributed by atoms with van der Waals surface area (Å²) >= 11 is 6.10. The Kier molecular flexibility index (Phi) is 5.35. The van der Waals surface area contributed by atoms with Gasteiger partial charge in [0.1, 0.15) is 0 Å². The van der Waals surface area contributed by atoms with E-state index in [9.17, 15) is 14.7 Å². The van der Waals surface area contributed by atoms with Crippen LogP contribution in [0, 0.1) is 5.41 Å². The van der Waals surface area contributed by atoms with Gasteiger partial charge in [-0.2, -0.15) is 0 Å². The van der Waals surface area contributed by atoms with Crippen molar-refractivity contribution in [2.45, 2.75) is 38.7 Å². The van der Waals surface area contributed by atoms with E-state index in [1.54, 1.807) is 29.2 Å². The van der Waals surface area contributed by atoms with Crippen molar-refractivity contribution in [3.8, 4) is 0 Å². The van der Waals surface area contributed by atoms with Crippen molar-refractivity contribution < 1.29 is 14.7 Å². The molecule has 2 aliphatic heterocycles. The van der Waals surface area contributed by atoms with Gasteiger partial charge < -0.3 is 14.9 Å². The molecule has 1 aromatic rings. The molecule has 0 saturated carbocycles. The third-order valence-corrected chi connectivity index (χ3v) is 6.04. The summed E-state index contributed by atoms with van der Waals surface area (Å²) in [7, 11) is 0. The van der Waals surface area contributed by atoms with E-state index in [0.717, 1.165) is 32.4 Å². The van der Waals surface area contributed by atoms with Crippen LogP contribution in [-0.2, 0) is 9.59 Å². The summed E-state index contributed by atoms with van der Waals surface area (Å²) in [4.78, 5) is 28.2. The lowest BCUT2D eigenvalue weighted by atomic mass is 9.72. The number of aliphatic hydroxyl groups excluding tert-OH is 1. The molecule has 0 aliphatic carbocycles. The fourth-order valence-corrected chi connectivity index (χ4v) is 4.24. The number of benzene rings is 1. The molecular formula is C19H25ClN2O3. The number of halogens is 1. The average Bonchev–Trinajstić information content (AvgIpc) is 2.64. The molecule has 5 nitrogen and oxygen atoms in total. The molecule has 1 atom stereocenters. The number of hydrogen-bond donors (Lipinski definition) is 1. The number of likely N-dealkylation sites (tertiary alicyclic amines) is 2.